The molecule has 1 rings (SSSR count). The van der Waals surface area contributed by atoms with E-state index >= 15 is 0 Å². The summed E-state index contributed by atoms with van der Waals surface area (Å²) < 4.78 is 23.9. The summed E-state index contributed by atoms with van der Waals surface area (Å²) in [6.45, 7) is 4.82. The highest BCUT2D eigenvalue weighted by Gasteiger charge is 2.23. The Balaban J connectivity index is 3.11. The number of nitrogens with zero attached hydrogens (tertiary/aromatic N) is 1. The maximum absolute atomic E-state index is 12.0. The first-order valence-electron chi connectivity index (χ1n) is 4.97. The molecule has 0 aliphatic carbocycles. The van der Waals surface area contributed by atoms with E-state index in [0.717, 1.165) is 9.71 Å². The Morgan fingerprint density at radius 2 is 1.94 bits per heavy atom. The van der Waals surface area contributed by atoms with Gasteiger partial charge in [-0.15, -0.1) is 0 Å². The van der Waals surface area contributed by atoms with Gasteiger partial charge in [0.15, 0.2) is 0 Å². The minimum atomic E-state index is -3.75. The number of sulfonamides is 1. The van der Waals surface area contributed by atoms with E-state index in [0.29, 0.717) is 5.69 Å². The molecule has 0 saturated carbocycles. The minimum Gasteiger partial charge on any atom is -0.399 e. The van der Waals surface area contributed by atoms with Crippen molar-refractivity contribution in [3.05, 3.63) is 41.8 Å². The number of hydrogen-bond donors (Lipinski definition) is 1. The third kappa shape index (κ3) is 2.85. The van der Waals surface area contributed by atoms with Gasteiger partial charge in [0.05, 0.1) is 0 Å². The van der Waals surface area contributed by atoms with Crippen LogP contribution in [-0.4, -0.2) is 25.2 Å². The normalized spacial score (nSPS) is 10.9. The molecule has 1 aromatic carbocycles. The van der Waals surface area contributed by atoms with Crippen LogP contribution in [0.5, 0.6) is 0 Å². The molecule has 1 aromatic rings. The number of amides is 1. The number of anilines is 1. The second-order valence-electron chi connectivity index (χ2n) is 3.30. The molecule has 0 radical (unpaired) electrons. The van der Waals surface area contributed by atoms with Crippen LogP contribution in [0.25, 0.3) is 0 Å². The highest BCUT2D eigenvalue weighted by molar-refractivity contribution is 7.92. The van der Waals surface area contributed by atoms with E-state index in [9.17, 15) is 13.2 Å². The molecule has 0 unspecified atom stereocenters. The second kappa shape index (κ2) is 5.01. The van der Waals surface area contributed by atoms with Crippen molar-refractivity contribution in [2.24, 2.45) is 0 Å². The number of carbonyl (C=O) groups excluding carboxylic acids is 1. The van der Waals surface area contributed by atoms with E-state index in [-0.39, 0.29) is 12.1 Å². The molecular formula is C11H14N2O3S. The summed E-state index contributed by atoms with van der Waals surface area (Å²) in [5, 5.41) is 0.756. The number of rotatable bonds is 4. The Bertz CT molecular complexity index is 520. The van der Waals surface area contributed by atoms with Crippen LogP contribution in [0, 0.1) is 0 Å². The maximum atomic E-state index is 12.0. The standard InChI is InChI=1S/C11H14N2O3S/c1-3-13(17(15,16)4-2)11(14)9-5-7-10(12)8-6-9/h4-8H,2-3,12H2,1H3. The van der Waals surface area contributed by atoms with E-state index in [1.165, 1.54) is 12.1 Å². The average Bonchev–Trinajstić information content (AvgIpc) is 2.30. The highest BCUT2D eigenvalue weighted by atomic mass is 32.2. The van der Waals surface area contributed by atoms with E-state index in [2.05, 4.69) is 6.58 Å². The number of benzene rings is 1. The highest BCUT2D eigenvalue weighted by Crippen LogP contribution is 2.12. The SMILES string of the molecule is C=CS(=O)(=O)N(CC)C(=O)c1ccc(N)cc1. The number of hydrogen-bond acceptors (Lipinski definition) is 4. The number of nitrogen functional groups attached to an aromatic ring is 1. The molecule has 92 valence electrons. The Labute approximate surface area is 101 Å². The summed E-state index contributed by atoms with van der Waals surface area (Å²) >= 11 is 0. The summed E-state index contributed by atoms with van der Waals surface area (Å²) in [5.41, 5.74) is 6.27. The van der Waals surface area contributed by atoms with Crippen molar-refractivity contribution in [3.8, 4) is 0 Å². The summed E-state index contributed by atoms with van der Waals surface area (Å²) in [7, 11) is -3.75. The summed E-state index contributed by atoms with van der Waals surface area (Å²) in [4.78, 5) is 12.0. The van der Waals surface area contributed by atoms with Crippen molar-refractivity contribution < 1.29 is 13.2 Å². The van der Waals surface area contributed by atoms with E-state index < -0.39 is 15.9 Å². The monoisotopic (exact) mass is 254 g/mol. The zero-order valence-electron chi connectivity index (χ0n) is 9.46. The Morgan fingerprint density at radius 3 is 2.35 bits per heavy atom. The van der Waals surface area contributed by atoms with Gasteiger partial charge < -0.3 is 5.73 Å². The number of nitrogens with two attached hydrogens (primary N) is 1. The van der Waals surface area contributed by atoms with Gasteiger partial charge in [0.1, 0.15) is 0 Å². The van der Waals surface area contributed by atoms with Crippen LogP contribution in [0.3, 0.4) is 0 Å². The molecular weight excluding hydrogens is 240 g/mol. The molecule has 0 saturated heterocycles. The number of carbonyl (C=O) groups is 1. The molecule has 6 heteroatoms. The van der Waals surface area contributed by atoms with Crippen LogP contribution in [0.4, 0.5) is 5.69 Å². The first-order chi connectivity index (χ1) is 7.92. The van der Waals surface area contributed by atoms with Gasteiger partial charge in [-0.25, -0.2) is 12.7 Å². The fourth-order valence-electron chi connectivity index (χ4n) is 1.30. The molecule has 0 atom stereocenters. The van der Waals surface area contributed by atoms with Crippen molar-refractivity contribution in [3.63, 3.8) is 0 Å². The van der Waals surface area contributed by atoms with Gasteiger partial charge in [-0.2, -0.15) is 0 Å². The molecule has 17 heavy (non-hydrogen) atoms. The zero-order chi connectivity index (χ0) is 13.1. The Morgan fingerprint density at radius 1 is 1.41 bits per heavy atom. The largest absolute Gasteiger partial charge is 0.399 e. The fraction of sp³-hybridized carbons (Fsp3) is 0.182. The molecule has 0 aliphatic heterocycles. The lowest BCUT2D eigenvalue weighted by Gasteiger charge is -2.18. The van der Waals surface area contributed by atoms with Crippen molar-refractivity contribution in [1.82, 2.24) is 4.31 Å². The van der Waals surface area contributed by atoms with Gasteiger partial charge in [0.2, 0.25) is 0 Å². The third-order valence-electron chi connectivity index (χ3n) is 2.19. The topological polar surface area (TPSA) is 80.5 Å². The van der Waals surface area contributed by atoms with Gasteiger partial charge in [0, 0.05) is 23.2 Å². The van der Waals surface area contributed by atoms with Crippen LogP contribution in [0.1, 0.15) is 17.3 Å². The van der Waals surface area contributed by atoms with Crippen molar-refractivity contribution in [2.75, 3.05) is 12.3 Å². The predicted octanol–water partition coefficient (Wildman–Crippen LogP) is 1.20. The van der Waals surface area contributed by atoms with E-state index in [1.54, 1.807) is 19.1 Å². The lowest BCUT2D eigenvalue weighted by molar-refractivity contribution is 0.0867. The van der Waals surface area contributed by atoms with Crippen LogP contribution in [-0.2, 0) is 10.0 Å². The first kappa shape index (κ1) is 13.2. The van der Waals surface area contributed by atoms with Crippen LogP contribution >= 0.6 is 0 Å². The molecule has 0 aliphatic rings. The smallest absolute Gasteiger partial charge is 0.267 e. The van der Waals surface area contributed by atoms with Gasteiger partial charge in [-0.3, -0.25) is 4.79 Å². The quantitative estimate of drug-likeness (QED) is 0.819. The zero-order valence-corrected chi connectivity index (χ0v) is 10.3. The lowest BCUT2D eigenvalue weighted by atomic mass is 10.2. The second-order valence-corrected chi connectivity index (χ2v) is 5.11. The molecule has 5 nitrogen and oxygen atoms in total. The minimum absolute atomic E-state index is 0.0531. The molecule has 1 amide bonds. The lowest BCUT2D eigenvalue weighted by Crippen LogP contribution is -2.35. The van der Waals surface area contributed by atoms with Crippen molar-refractivity contribution in [2.45, 2.75) is 6.92 Å². The summed E-state index contributed by atoms with van der Waals surface area (Å²) in [6.07, 6.45) is 0. The van der Waals surface area contributed by atoms with Gasteiger partial charge in [0.25, 0.3) is 15.9 Å². The van der Waals surface area contributed by atoms with Gasteiger partial charge in [-0.05, 0) is 31.2 Å². The molecule has 2 N–H and O–H groups in total. The van der Waals surface area contributed by atoms with Crippen molar-refractivity contribution >= 4 is 21.6 Å². The Hall–Kier alpha value is -1.82. The van der Waals surface area contributed by atoms with E-state index in [1.807, 2.05) is 0 Å². The van der Waals surface area contributed by atoms with Gasteiger partial charge in [-0.1, -0.05) is 6.58 Å². The maximum Gasteiger partial charge on any atom is 0.267 e. The molecule has 0 heterocycles. The molecule has 0 fully saturated rings. The molecule has 0 bridgehead atoms. The Kier molecular flexibility index (Phi) is 3.90. The molecule has 0 aromatic heterocycles. The van der Waals surface area contributed by atoms with Gasteiger partial charge >= 0.3 is 0 Å². The van der Waals surface area contributed by atoms with Crippen LogP contribution in [0.15, 0.2) is 36.3 Å². The summed E-state index contributed by atoms with van der Waals surface area (Å²) in [6, 6.07) is 6.06. The summed E-state index contributed by atoms with van der Waals surface area (Å²) in [5.74, 6) is -0.590. The first-order valence-corrected chi connectivity index (χ1v) is 6.47. The third-order valence-corrected chi connectivity index (χ3v) is 3.65. The predicted molar refractivity (Wildman–Crippen MR) is 66.7 cm³/mol. The van der Waals surface area contributed by atoms with E-state index in [4.69, 9.17) is 5.73 Å². The molecule has 0 spiro atoms. The van der Waals surface area contributed by atoms with Crippen LogP contribution < -0.4 is 5.73 Å². The van der Waals surface area contributed by atoms with Crippen LogP contribution in [0.2, 0.25) is 0 Å². The average molecular weight is 254 g/mol. The fourth-order valence-corrected chi connectivity index (χ4v) is 2.18. The van der Waals surface area contributed by atoms with Crippen molar-refractivity contribution in [1.29, 1.82) is 0 Å².